The van der Waals surface area contributed by atoms with Gasteiger partial charge in [-0.3, -0.25) is 9.59 Å². The van der Waals surface area contributed by atoms with Crippen LogP contribution in [0.1, 0.15) is 55.5 Å². The third kappa shape index (κ3) is 3.48. The Balaban J connectivity index is 0.000000272. The number of carbonyl (C=O) groups excluding carboxylic acids is 2. The molecule has 0 saturated carbocycles. The van der Waals surface area contributed by atoms with Gasteiger partial charge in [-0.1, -0.05) is 72.2 Å². The molecule has 208 valence electrons. The number of ketones is 2. The number of aliphatic hydroxyl groups excluding tert-OH is 2. The van der Waals surface area contributed by atoms with Gasteiger partial charge in [-0.15, -0.1) is 0 Å². The van der Waals surface area contributed by atoms with E-state index >= 15 is 0 Å². The largest absolute Gasteiger partial charge is 0.507 e. The van der Waals surface area contributed by atoms with Crippen LogP contribution in [0.25, 0.3) is 0 Å². The minimum atomic E-state index is -1.56. The molecule has 0 radical (unpaired) electrons. The van der Waals surface area contributed by atoms with Crippen LogP contribution in [-0.4, -0.2) is 50.7 Å². The lowest BCUT2D eigenvalue weighted by molar-refractivity contribution is 0.0867. The van der Waals surface area contributed by atoms with E-state index in [1.165, 1.54) is 36.3 Å². The summed E-state index contributed by atoms with van der Waals surface area (Å²) in [5.41, 5.74) is 0.729. The molecule has 8 heteroatoms. The third-order valence-electron chi connectivity index (χ3n) is 8.62. The molecular weight excluding hydrogens is 532 g/mol. The fourth-order valence-corrected chi connectivity index (χ4v) is 6.62. The van der Waals surface area contributed by atoms with Crippen molar-refractivity contribution in [3.05, 3.63) is 106 Å². The second-order valence-corrected chi connectivity index (χ2v) is 10.8. The normalized spacial score (nSPS) is 28.2. The maximum absolute atomic E-state index is 13.6. The first kappa shape index (κ1) is 26.2. The predicted octanol–water partition coefficient (Wildman–Crippen LogP) is 2.53. The van der Waals surface area contributed by atoms with Crippen molar-refractivity contribution in [1.29, 1.82) is 0 Å². The van der Waals surface area contributed by atoms with Gasteiger partial charge in [-0.2, -0.15) is 0 Å². The van der Waals surface area contributed by atoms with E-state index in [0.717, 1.165) is 13.1 Å². The van der Waals surface area contributed by atoms with Gasteiger partial charge in [0.1, 0.15) is 11.8 Å². The molecule has 8 nitrogen and oxygen atoms in total. The van der Waals surface area contributed by atoms with Crippen LogP contribution in [0.15, 0.2) is 66.7 Å². The molecule has 3 aromatic rings. The van der Waals surface area contributed by atoms with Crippen molar-refractivity contribution in [3.63, 3.8) is 0 Å². The highest BCUT2D eigenvalue weighted by Crippen LogP contribution is 2.67. The SMILES string of the molecule is C[C@@H](O)[C@@]12O[C@]13c1cc(O)c4c(c1N[C@H]2C#C/C=C\C#C[C@H]3O)C(=O)c1ccccc1C4=O.c1ccc2c(c1)CNC2. The Bertz CT molecular complexity index is 1830. The Morgan fingerprint density at radius 2 is 1.52 bits per heavy atom. The minimum absolute atomic E-state index is 0.0117. The highest BCUT2D eigenvalue weighted by Gasteiger charge is 2.82. The van der Waals surface area contributed by atoms with Gasteiger partial charge in [-0.05, 0) is 36.3 Å². The van der Waals surface area contributed by atoms with Crippen LogP contribution in [0.3, 0.4) is 0 Å². The van der Waals surface area contributed by atoms with E-state index in [1.54, 1.807) is 24.3 Å². The van der Waals surface area contributed by atoms with Crippen molar-refractivity contribution in [2.45, 2.75) is 49.5 Å². The molecule has 0 spiro atoms. The van der Waals surface area contributed by atoms with Crippen LogP contribution in [-0.2, 0) is 23.4 Å². The zero-order valence-electron chi connectivity index (χ0n) is 22.6. The zero-order chi connectivity index (χ0) is 29.2. The number of hydrogen-bond acceptors (Lipinski definition) is 8. The fourth-order valence-electron chi connectivity index (χ4n) is 6.62. The van der Waals surface area contributed by atoms with E-state index in [4.69, 9.17) is 4.74 Å². The highest BCUT2D eigenvalue weighted by molar-refractivity contribution is 6.31. The maximum Gasteiger partial charge on any atom is 0.198 e. The third-order valence-corrected chi connectivity index (χ3v) is 8.62. The van der Waals surface area contributed by atoms with Gasteiger partial charge in [0, 0.05) is 29.8 Å². The van der Waals surface area contributed by atoms with Crippen molar-refractivity contribution in [1.82, 2.24) is 5.32 Å². The Morgan fingerprint density at radius 1 is 0.929 bits per heavy atom. The molecule has 0 amide bonds. The zero-order valence-corrected chi connectivity index (χ0v) is 22.6. The number of rotatable bonds is 1. The van der Waals surface area contributed by atoms with Crippen LogP contribution in [0.4, 0.5) is 5.69 Å². The molecule has 42 heavy (non-hydrogen) atoms. The second-order valence-electron chi connectivity index (χ2n) is 10.8. The number of allylic oxidation sites excluding steroid dienone is 2. The Labute approximate surface area is 242 Å². The summed E-state index contributed by atoms with van der Waals surface area (Å²) in [5, 5.41) is 39.2. The molecule has 1 fully saturated rings. The number of hydrogen-bond donors (Lipinski definition) is 5. The number of carbonyl (C=O) groups is 2. The number of phenolic OH excluding ortho intramolecular Hbond substituents is 1. The van der Waals surface area contributed by atoms with E-state index in [0.29, 0.717) is 0 Å². The minimum Gasteiger partial charge on any atom is -0.507 e. The number of epoxide rings is 1. The average Bonchev–Trinajstić information content (AvgIpc) is 3.53. The molecule has 2 aliphatic carbocycles. The van der Waals surface area contributed by atoms with Crippen molar-refractivity contribution in [3.8, 4) is 29.4 Å². The summed E-state index contributed by atoms with van der Waals surface area (Å²) >= 11 is 0. The monoisotopic (exact) mass is 558 g/mol. The van der Waals surface area contributed by atoms with Crippen LogP contribution in [0, 0.1) is 23.7 Å². The van der Waals surface area contributed by atoms with Crippen molar-refractivity contribution < 1.29 is 29.6 Å². The first-order chi connectivity index (χ1) is 20.3. The smallest absolute Gasteiger partial charge is 0.198 e. The lowest BCUT2D eigenvalue weighted by Crippen LogP contribution is -2.54. The Hall–Kier alpha value is -4.70. The summed E-state index contributed by atoms with van der Waals surface area (Å²) < 4.78 is 6.12. The van der Waals surface area contributed by atoms with Crippen LogP contribution in [0.2, 0.25) is 0 Å². The molecule has 8 rings (SSSR count). The number of anilines is 1. The number of nitrogens with one attached hydrogen (secondary N) is 2. The standard InChI is InChI=1S/C26H17NO6.C8H9N/c1-13(28)25-18-10-4-2-3-5-11-19(30)26(25,33-25)16-12-17(29)20-21(22(16)27-18)24(32)15-9-7-6-8-14(15)23(20)31;1-2-4-8-6-9-5-7(8)3-1/h2-3,6-9,12-13,18-19,27-30H,1H3;1-4,9H,5-6H2/b3-2-;/t13-,18+,19-,25+,26+;/m1./s1. The maximum atomic E-state index is 13.6. The van der Waals surface area contributed by atoms with E-state index in [9.17, 15) is 24.9 Å². The summed E-state index contributed by atoms with van der Waals surface area (Å²) in [6.45, 7) is 3.63. The second kappa shape index (κ2) is 9.42. The first-order valence-corrected chi connectivity index (χ1v) is 13.7. The molecule has 5 N–H and O–H groups in total. The van der Waals surface area contributed by atoms with E-state index in [-0.39, 0.29) is 33.5 Å². The average molecular weight is 559 g/mol. The van der Waals surface area contributed by atoms with E-state index in [1.807, 2.05) is 0 Å². The molecule has 1 saturated heterocycles. The predicted molar refractivity (Wildman–Crippen MR) is 154 cm³/mol. The van der Waals surface area contributed by atoms with Gasteiger partial charge in [0.2, 0.25) is 0 Å². The van der Waals surface area contributed by atoms with Gasteiger partial charge in [-0.25, -0.2) is 0 Å². The molecule has 3 heterocycles. The molecule has 0 unspecified atom stereocenters. The van der Waals surface area contributed by atoms with E-state index in [2.05, 4.69) is 58.6 Å². The molecule has 3 aromatic carbocycles. The molecule has 0 aromatic heterocycles. The summed E-state index contributed by atoms with van der Waals surface area (Å²) in [6.07, 6.45) is 0.511. The molecule has 3 aliphatic heterocycles. The number of fused-ring (bicyclic) bond motifs is 5. The summed E-state index contributed by atoms with van der Waals surface area (Å²) in [4.78, 5) is 26.8. The van der Waals surface area contributed by atoms with Crippen LogP contribution >= 0.6 is 0 Å². The first-order valence-electron chi connectivity index (χ1n) is 13.7. The number of aliphatic hydroxyl groups is 2. The van der Waals surface area contributed by atoms with Gasteiger partial charge in [0.05, 0.1) is 22.9 Å². The van der Waals surface area contributed by atoms with E-state index < -0.39 is 46.8 Å². The van der Waals surface area contributed by atoms with Crippen molar-refractivity contribution in [2.24, 2.45) is 0 Å². The lowest BCUT2D eigenvalue weighted by atomic mass is 9.69. The van der Waals surface area contributed by atoms with Crippen molar-refractivity contribution >= 4 is 17.3 Å². The number of aromatic hydroxyl groups is 1. The topological polar surface area (TPSA) is 131 Å². The molecular formula is C34H26N2O6. The highest BCUT2D eigenvalue weighted by atomic mass is 16.7. The van der Waals surface area contributed by atoms with Gasteiger partial charge < -0.3 is 30.7 Å². The quantitative estimate of drug-likeness (QED) is 0.137. The van der Waals surface area contributed by atoms with Gasteiger partial charge >= 0.3 is 0 Å². The van der Waals surface area contributed by atoms with Gasteiger partial charge in [0.15, 0.2) is 28.9 Å². The Kier molecular flexibility index (Phi) is 5.88. The van der Waals surface area contributed by atoms with Crippen LogP contribution in [0.5, 0.6) is 5.75 Å². The molecule has 2 bridgehead atoms. The lowest BCUT2D eigenvalue weighted by Gasteiger charge is -2.37. The Morgan fingerprint density at radius 3 is 2.17 bits per heavy atom. The van der Waals surface area contributed by atoms with Crippen LogP contribution < -0.4 is 10.6 Å². The van der Waals surface area contributed by atoms with Crippen molar-refractivity contribution in [2.75, 3.05) is 5.32 Å². The fraction of sp³-hybridized carbons (Fsp3) is 0.235. The summed E-state index contributed by atoms with van der Waals surface area (Å²) in [5.74, 6) is 9.90. The molecule has 5 atom stereocenters. The number of ether oxygens (including phenoxy) is 1. The van der Waals surface area contributed by atoms with Gasteiger partial charge in [0.25, 0.3) is 0 Å². The number of benzene rings is 3. The summed E-state index contributed by atoms with van der Waals surface area (Å²) in [7, 11) is 0. The molecule has 5 aliphatic rings. The number of phenols is 1. The summed E-state index contributed by atoms with van der Waals surface area (Å²) in [6, 6.07) is 15.4.